The molecule has 1 amide bonds. The first-order valence-electron chi connectivity index (χ1n) is 6.80. The van der Waals surface area contributed by atoms with E-state index in [0.29, 0.717) is 23.6 Å². The lowest BCUT2D eigenvalue weighted by Crippen LogP contribution is -2.24. The molecule has 0 atom stereocenters. The summed E-state index contributed by atoms with van der Waals surface area (Å²) in [6.07, 6.45) is 4.38. The van der Waals surface area contributed by atoms with Crippen LogP contribution in [0.3, 0.4) is 0 Å². The summed E-state index contributed by atoms with van der Waals surface area (Å²) in [5.41, 5.74) is 1.29. The predicted molar refractivity (Wildman–Crippen MR) is 85.6 cm³/mol. The molecule has 118 valence electrons. The summed E-state index contributed by atoms with van der Waals surface area (Å²) >= 11 is 0. The minimum atomic E-state index is -0.422. The van der Waals surface area contributed by atoms with Gasteiger partial charge in [0.25, 0.3) is 5.91 Å². The first kappa shape index (κ1) is 16.2. The van der Waals surface area contributed by atoms with Crippen molar-refractivity contribution in [1.82, 2.24) is 15.3 Å². The van der Waals surface area contributed by atoms with Crippen molar-refractivity contribution < 1.29 is 14.3 Å². The number of amides is 1. The van der Waals surface area contributed by atoms with Gasteiger partial charge in [-0.1, -0.05) is 12.1 Å². The molecule has 0 unspecified atom stereocenters. The number of methoxy groups -OCH3 is 1. The van der Waals surface area contributed by atoms with Crippen LogP contribution in [0.2, 0.25) is 0 Å². The van der Waals surface area contributed by atoms with Crippen molar-refractivity contribution in [3.63, 3.8) is 0 Å². The van der Waals surface area contributed by atoms with E-state index in [4.69, 9.17) is 0 Å². The number of hydrogen-bond acceptors (Lipinski definition) is 6. The van der Waals surface area contributed by atoms with Crippen LogP contribution < -0.4 is 10.6 Å². The Morgan fingerprint density at radius 1 is 1.30 bits per heavy atom. The van der Waals surface area contributed by atoms with E-state index in [1.54, 1.807) is 30.3 Å². The third-order valence-electron chi connectivity index (χ3n) is 2.85. The molecule has 0 radical (unpaired) electrons. The molecule has 7 nitrogen and oxygen atoms in total. The first-order chi connectivity index (χ1) is 11.1. The van der Waals surface area contributed by atoms with E-state index < -0.39 is 5.97 Å². The predicted octanol–water partition coefficient (Wildman–Crippen LogP) is 1.92. The zero-order valence-corrected chi connectivity index (χ0v) is 12.6. The molecule has 1 aromatic heterocycles. The van der Waals surface area contributed by atoms with Gasteiger partial charge in [-0.25, -0.2) is 14.8 Å². The van der Waals surface area contributed by atoms with Gasteiger partial charge in [-0.2, -0.15) is 0 Å². The number of nitrogens with zero attached hydrogens (tertiary/aromatic N) is 2. The molecular weight excluding hydrogens is 296 g/mol. The first-order valence-corrected chi connectivity index (χ1v) is 6.80. The normalized spacial score (nSPS) is 9.78. The van der Waals surface area contributed by atoms with Crippen LogP contribution >= 0.6 is 0 Å². The summed E-state index contributed by atoms with van der Waals surface area (Å²) in [5, 5.41) is 5.62. The molecule has 0 saturated heterocycles. The van der Waals surface area contributed by atoms with Gasteiger partial charge in [0, 0.05) is 12.2 Å². The molecule has 0 spiro atoms. The van der Waals surface area contributed by atoms with Crippen LogP contribution in [-0.2, 0) is 4.74 Å². The fraction of sp³-hybridized carbons (Fsp3) is 0.125. The van der Waals surface area contributed by atoms with Gasteiger partial charge in [-0.15, -0.1) is 6.58 Å². The zero-order chi connectivity index (χ0) is 16.7. The smallest absolute Gasteiger partial charge is 0.337 e. The Labute approximate surface area is 133 Å². The number of anilines is 2. The average Bonchev–Trinajstić information content (AvgIpc) is 2.59. The lowest BCUT2D eigenvalue weighted by molar-refractivity contribution is 0.0600. The monoisotopic (exact) mass is 312 g/mol. The summed E-state index contributed by atoms with van der Waals surface area (Å²) in [5.74, 6) is -0.294. The van der Waals surface area contributed by atoms with Gasteiger partial charge in [-0.3, -0.25) is 4.79 Å². The molecule has 0 fully saturated rings. The standard InChI is InChI=1S/C16H16N4O3/c1-3-7-17-15(21)13-9-19-14(10-18-13)20-12-6-4-5-11(8-12)16(22)23-2/h3-6,8-10H,1,7H2,2H3,(H,17,21)(H,19,20). The Balaban J connectivity index is 2.07. The molecular formula is C16H16N4O3. The van der Waals surface area contributed by atoms with Crippen molar-refractivity contribution in [3.05, 3.63) is 60.6 Å². The quantitative estimate of drug-likeness (QED) is 0.625. The fourth-order valence-electron chi connectivity index (χ4n) is 1.75. The summed E-state index contributed by atoms with van der Waals surface area (Å²) in [6, 6.07) is 6.78. The van der Waals surface area contributed by atoms with Crippen molar-refractivity contribution >= 4 is 23.4 Å². The topological polar surface area (TPSA) is 93.2 Å². The molecule has 1 aromatic carbocycles. The van der Waals surface area contributed by atoms with Gasteiger partial charge in [0.2, 0.25) is 0 Å². The van der Waals surface area contributed by atoms with Gasteiger partial charge in [0.15, 0.2) is 0 Å². The van der Waals surface area contributed by atoms with Crippen LogP contribution in [0.4, 0.5) is 11.5 Å². The number of nitrogens with one attached hydrogen (secondary N) is 2. The van der Waals surface area contributed by atoms with Crippen LogP contribution in [0, 0.1) is 0 Å². The molecule has 7 heteroatoms. The summed E-state index contributed by atoms with van der Waals surface area (Å²) < 4.78 is 4.67. The largest absolute Gasteiger partial charge is 0.465 e. The number of esters is 1. The van der Waals surface area contributed by atoms with Gasteiger partial charge < -0.3 is 15.4 Å². The van der Waals surface area contributed by atoms with Gasteiger partial charge >= 0.3 is 5.97 Å². The second kappa shape index (κ2) is 7.69. The maximum absolute atomic E-state index is 11.7. The van der Waals surface area contributed by atoms with Crippen LogP contribution in [0.5, 0.6) is 0 Å². The van der Waals surface area contributed by atoms with Gasteiger partial charge in [0.05, 0.1) is 25.1 Å². The van der Waals surface area contributed by atoms with E-state index in [-0.39, 0.29) is 11.6 Å². The number of carbonyl (C=O) groups excluding carboxylic acids is 2. The molecule has 1 heterocycles. The van der Waals surface area contributed by atoms with Gasteiger partial charge in [-0.05, 0) is 18.2 Å². The Bertz CT molecular complexity index is 714. The minimum absolute atomic E-state index is 0.209. The summed E-state index contributed by atoms with van der Waals surface area (Å²) in [4.78, 5) is 31.3. The molecule has 23 heavy (non-hydrogen) atoms. The van der Waals surface area contributed by atoms with Gasteiger partial charge in [0.1, 0.15) is 11.5 Å². The van der Waals surface area contributed by atoms with E-state index in [0.717, 1.165) is 0 Å². The number of aromatic nitrogens is 2. The van der Waals surface area contributed by atoms with E-state index in [9.17, 15) is 9.59 Å². The molecule has 0 saturated carbocycles. The maximum atomic E-state index is 11.7. The highest BCUT2D eigenvalue weighted by Crippen LogP contribution is 2.16. The third-order valence-corrected chi connectivity index (χ3v) is 2.85. The maximum Gasteiger partial charge on any atom is 0.337 e. The Morgan fingerprint density at radius 3 is 2.78 bits per heavy atom. The highest BCUT2D eigenvalue weighted by Gasteiger charge is 2.08. The lowest BCUT2D eigenvalue weighted by atomic mass is 10.2. The Hall–Kier alpha value is -3.22. The van der Waals surface area contributed by atoms with Crippen molar-refractivity contribution in [3.8, 4) is 0 Å². The average molecular weight is 312 g/mol. The van der Waals surface area contributed by atoms with E-state index >= 15 is 0 Å². The van der Waals surface area contributed by atoms with Crippen molar-refractivity contribution in [2.45, 2.75) is 0 Å². The number of carbonyl (C=O) groups is 2. The second-order valence-corrected chi connectivity index (χ2v) is 4.48. The Morgan fingerprint density at radius 2 is 2.13 bits per heavy atom. The minimum Gasteiger partial charge on any atom is -0.465 e. The van der Waals surface area contributed by atoms with E-state index in [2.05, 4.69) is 31.9 Å². The molecule has 2 rings (SSSR count). The van der Waals surface area contributed by atoms with Crippen LogP contribution in [0.25, 0.3) is 0 Å². The SMILES string of the molecule is C=CCNC(=O)c1cnc(Nc2cccc(C(=O)OC)c2)cn1. The molecule has 2 aromatic rings. The fourth-order valence-corrected chi connectivity index (χ4v) is 1.75. The van der Waals surface area contributed by atoms with Crippen molar-refractivity contribution in [2.75, 3.05) is 19.0 Å². The number of ether oxygens (including phenoxy) is 1. The van der Waals surface area contributed by atoms with Crippen LogP contribution in [-0.4, -0.2) is 35.5 Å². The number of benzene rings is 1. The highest BCUT2D eigenvalue weighted by atomic mass is 16.5. The summed E-state index contributed by atoms with van der Waals surface area (Å²) in [7, 11) is 1.32. The van der Waals surface area contributed by atoms with Crippen molar-refractivity contribution in [1.29, 1.82) is 0 Å². The van der Waals surface area contributed by atoms with E-state index in [1.165, 1.54) is 19.5 Å². The lowest BCUT2D eigenvalue weighted by Gasteiger charge is -2.07. The number of rotatable bonds is 6. The number of hydrogen-bond donors (Lipinski definition) is 2. The van der Waals surface area contributed by atoms with Crippen LogP contribution in [0.15, 0.2) is 49.3 Å². The zero-order valence-electron chi connectivity index (χ0n) is 12.6. The second-order valence-electron chi connectivity index (χ2n) is 4.48. The molecule has 0 bridgehead atoms. The molecule has 2 N–H and O–H groups in total. The molecule has 0 aliphatic heterocycles. The molecule has 0 aliphatic rings. The van der Waals surface area contributed by atoms with Crippen LogP contribution in [0.1, 0.15) is 20.8 Å². The third kappa shape index (κ3) is 4.37. The van der Waals surface area contributed by atoms with E-state index in [1.807, 2.05) is 0 Å². The van der Waals surface area contributed by atoms with Crippen molar-refractivity contribution in [2.24, 2.45) is 0 Å². The highest BCUT2D eigenvalue weighted by molar-refractivity contribution is 5.92. The summed E-state index contributed by atoms with van der Waals surface area (Å²) in [6.45, 7) is 3.88. The Kier molecular flexibility index (Phi) is 5.40. The molecule has 0 aliphatic carbocycles.